The fourth-order valence-electron chi connectivity index (χ4n) is 2.31. The lowest BCUT2D eigenvalue weighted by atomic mass is 9.80. The molecule has 21 heavy (non-hydrogen) atoms. The molecule has 0 aliphatic carbocycles. The second kappa shape index (κ2) is 7.42. The Labute approximate surface area is 151 Å². The second-order valence-electron chi connectivity index (χ2n) is 5.62. The summed E-state index contributed by atoms with van der Waals surface area (Å²) in [5.74, 6) is 0. The maximum atomic E-state index is 4.70. The third-order valence-corrected chi connectivity index (χ3v) is 6.30. The van der Waals surface area contributed by atoms with Gasteiger partial charge >= 0.3 is 0 Å². The lowest BCUT2D eigenvalue weighted by Gasteiger charge is -2.30. The summed E-state index contributed by atoms with van der Waals surface area (Å²) in [6, 6.07) is 11.1. The van der Waals surface area contributed by atoms with Crippen molar-refractivity contribution in [2.24, 2.45) is 0 Å². The summed E-state index contributed by atoms with van der Waals surface area (Å²) in [5, 5.41) is 6.47. The Kier molecular flexibility index (Phi) is 6.09. The van der Waals surface area contributed by atoms with Crippen molar-refractivity contribution in [3.63, 3.8) is 0 Å². The summed E-state index contributed by atoms with van der Waals surface area (Å²) < 4.78 is 3.13. The van der Waals surface area contributed by atoms with E-state index < -0.39 is 0 Å². The molecular formula is C16H19Br3N2. The van der Waals surface area contributed by atoms with Gasteiger partial charge in [0.05, 0.1) is 5.69 Å². The molecule has 2 rings (SSSR count). The van der Waals surface area contributed by atoms with Gasteiger partial charge < -0.3 is 0 Å². The molecule has 2 nitrogen and oxygen atoms in total. The molecule has 0 fully saturated rings. The summed E-state index contributed by atoms with van der Waals surface area (Å²) in [6.45, 7) is 4.29. The summed E-state index contributed by atoms with van der Waals surface area (Å²) in [6.07, 6.45) is 2.97. The van der Waals surface area contributed by atoms with Gasteiger partial charge in [-0.15, -0.1) is 0 Å². The number of benzene rings is 1. The molecule has 0 spiro atoms. The third-order valence-electron chi connectivity index (χ3n) is 3.66. The quantitative estimate of drug-likeness (QED) is 0.501. The molecule has 0 N–H and O–H groups in total. The first-order valence-corrected chi connectivity index (χ1v) is 9.96. The van der Waals surface area contributed by atoms with E-state index in [0.29, 0.717) is 6.04 Å². The highest BCUT2D eigenvalue weighted by Gasteiger charge is 2.31. The van der Waals surface area contributed by atoms with Crippen LogP contribution in [0.5, 0.6) is 0 Å². The van der Waals surface area contributed by atoms with Crippen LogP contribution >= 0.6 is 47.8 Å². The third kappa shape index (κ3) is 3.99. The molecule has 0 radical (unpaired) electrons. The first kappa shape index (κ1) is 17.2. The molecule has 0 bridgehead atoms. The Hall–Kier alpha value is -0.130. The van der Waals surface area contributed by atoms with Crippen LogP contribution in [-0.2, 0) is 11.8 Å². The van der Waals surface area contributed by atoms with Crippen molar-refractivity contribution in [2.75, 3.05) is 10.7 Å². The zero-order valence-corrected chi connectivity index (χ0v) is 16.9. The number of hydrogen-bond acceptors (Lipinski definition) is 1. The molecule has 0 unspecified atom stereocenters. The maximum Gasteiger partial charge on any atom is 0.0634 e. The van der Waals surface area contributed by atoms with Crippen LogP contribution < -0.4 is 0 Å². The van der Waals surface area contributed by atoms with E-state index >= 15 is 0 Å². The molecule has 0 saturated heterocycles. The van der Waals surface area contributed by atoms with Crippen LogP contribution in [0.15, 0.2) is 41.0 Å². The minimum Gasteiger partial charge on any atom is -0.270 e. The van der Waals surface area contributed by atoms with Gasteiger partial charge in [0, 0.05) is 39.2 Å². The lowest BCUT2D eigenvalue weighted by Crippen LogP contribution is -2.33. The molecule has 0 amide bonds. The van der Waals surface area contributed by atoms with Gasteiger partial charge in [0.25, 0.3) is 0 Å². The molecule has 5 heteroatoms. The summed E-state index contributed by atoms with van der Waals surface area (Å²) in [5.41, 5.74) is 2.44. The van der Waals surface area contributed by atoms with Crippen molar-refractivity contribution >= 4 is 47.8 Å². The number of aromatic nitrogens is 2. The van der Waals surface area contributed by atoms with Gasteiger partial charge in [-0.25, -0.2) is 0 Å². The molecule has 0 aliphatic rings. The van der Waals surface area contributed by atoms with Crippen LogP contribution in [0.2, 0.25) is 0 Å². The first-order valence-electron chi connectivity index (χ1n) is 6.93. The summed E-state index contributed by atoms with van der Waals surface area (Å²) in [7, 11) is 0. The van der Waals surface area contributed by atoms with Gasteiger partial charge in [0.15, 0.2) is 0 Å². The van der Waals surface area contributed by atoms with E-state index in [1.807, 2.05) is 4.68 Å². The SMILES string of the molecule is CC(C)n1ccc(CC(CBr)(CBr)c2cccc(Br)c2)n1. The Morgan fingerprint density at radius 2 is 1.90 bits per heavy atom. The van der Waals surface area contributed by atoms with Crippen LogP contribution in [0.4, 0.5) is 0 Å². The van der Waals surface area contributed by atoms with Gasteiger partial charge in [0.1, 0.15) is 0 Å². The van der Waals surface area contributed by atoms with E-state index in [1.165, 1.54) is 5.56 Å². The molecule has 0 aliphatic heterocycles. The van der Waals surface area contributed by atoms with E-state index in [4.69, 9.17) is 5.10 Å². The van der Waals surface area contributed by atoms with Crippen LogP contribution in [-0.4, -0.2) is 20.4 Å². The fourth-order valence-corrected chi connectivity index (χ4v) is 4.68. The fraction of sp³-hybridized carbons (Fsp3) is 0.438. The number of rotatable bonds is 6. The van der Waals surface area contributed by atoms with Crippen molar-refractivity contribution in [1.82, 2.24) is 9.78 Å². The molecule has 0 atom stereocenters. The molecule has 0 saturated carbocycles. The van der Waals surface area contributed by atoms with Crippen LogP contribution in [0, 0.1) is 0 Å². The average Bonchev–Trinajstić information content (AvgIpc) is 2.93. The number of halogens is 3. The van der Waals surface area contributed by atoms with Gasteiger partial charge in [-0.05, 0) is 37.6 Å². The second-order valence-corrected chi connectivity index (χ2v) is 7.65. The van der Waals surface area contributed by atoms with Crippen LogP contribution in [0.1, 0.15) is 31.1 Å². The normalized spacial score (nSPS) is 12.1. The van der Waals surface area contributed by atoms with Crippen molar-refractivity contribution in [2.45, 2.75) is 31.7 Å². The highest BCUT2D eigenvalue weighted by Crippen LogP contribution is 2.34. The minimum absolute atomic E-state index is 0.0000567. The maximum absolute atomic E-state index is 4.70. The number of hydrogen-bond donors (Lipinski definition) is 0. The van der Waals surface area contributed by atoms with E-state index in [0.717, 1.165) is 27.2 Å². The van der Waals surface area contributed by atoms with E-state index in [-0.39, 0.29) is 5.41 Å². The van der Waals surface area contributed by atoms with Gasteiger partial charge in [-0.3, -0.25) is 4.68 Å². The Morgan fingerprint density at radius 1 is 1.19 bits per heavy atom. The first-order chi connectivity index (χ1) is 10.0. The molecule has 1 aromatic heterocycles. The van der Waals surface area contributed by atoms with Gasteiger partial charge in [-0.1, -0.05) is 59.9 Å². The minimum atomic E-state index is -0.0000567. The molecule has 2 aromatic rings. The number of alkyl halides is 2. The van der Waals surface area contributed by atoms with Gasteiger partial charge in [-0.2, -0.15) is 5.10 Å². The van der Waals surface area contributed by atoms with Crippen molar-refractivity contribution < 1.29 is 0 Å². The summed E-state index contributed by atoms with van der Waals surface area (Å²) in [4.78, 5) is 0. The van der Waals surface area contributed by atoms with E-state index in [1.54, 1.807) is 0 Å². The molecule has 114 valence electrons. The molecule has 1 aromatic carbocycles. The Bertz CT molecular complexity index is 589. The lowest BCUT2D eigenvalue weighted by molar-refractivity contribution is 0.502. The predicted molar refractivity (Wildman–Crippen MR) is 99.7 cm³/mol. The molecular weight excluding hydrogens is 460 g/mol. The Morgan fingerprint density at radius 3 is 2.43 bits per heavy atom. The molecule has 1 heterocycles. The smallest absolute Gasteiger partial charge is 0.0634 e. The largest absolute Gasteiger partial charge is 0.270 e. The zero-order chi connectivity index (χ0) is 15.5. The highest BCUT2D eigenvalue weighted by atomic mass is 79.9. The van der Waals surface area contributed by atoms with Gasteiger partial charge in [0.2, 0.25) is 0 Å². The van der Waals surface area contributed by atoms with E-state index in [9.17, 15) is 0 Å². The topological polar surface area (TPSA) is 17.8 Å². The average molecular weight is 479 g/mol. The van der Waals surface area contributed by atoms with Crippen molar-refractivity contribution in [3.05, 3.63) is 52.3 Å². The van der Waals surface area contributed by atoms with Crippen LogP contribution in [0.3, 0.4) is 0 Å². The van der Waals surface area contributed by atoms with Crippen LogP contribution in [0.25, 0.3) is 0 Å². The highest BCUT2D eigenvalue weighted by molar-refractivity contribution is 9.10. The zero-order valence-electron chi connectivity index (χ0n) is 12.2. The summed E-state index contributed by atoms with van der Waals surface area (Å²) >= 11 is 11.0. The van der Waals surface area contributed by atoms with E-state index in [2.05, 4.69) is 98.2 Å². The Balaban J connectivity index is 2.33. The predicted octanol–water partition coefficient (Wildman–Crippen LogP) is 5.50. The van der Waals surface area contributed by atoms with Crippen molar-refractivity contribution in [1.29, 1.82) is 0 Å². The number of nitrogens with zero attached hydrogens (tertiary/aromatic N) is 2. The monoisotopic (exact) mass is 476 g/mol. The standard InChI is InChI=1S/C16H19Br3N2/c1-12(2)21-7-6-15(20-21)9-16(10-17,11-18)13-4-3-5-14(19)8-13/h3-8,12H,9-11H2,1-2H3. The van der Waals surface area contributed by atoms with Crippen molar-refractivity contribution in [3.8, 4) is 0 Å².